The van der Waals surface area contributed by atoms with E-state index in [2.05, 4.69) is 19.2 Å². The topological polar surface area (TPSA) is 29.1 Å². The molecule has 1 aromatic rings. The molecular formula is C15H22ClNO. The molecule has 0 aromatic heterocycles. The highest BCUT2D eigenvalue weighted by molar-refractivity contribution is 6.30. The van der Waals surface area contributed by atoms with E-state index in [9.17, 15) is 4.79 Å². The first-order valence-electron chi connectivity index (χ1n) is 6.28. The van der Waals surface area contributed by atoms with Gasteiger partial charge in [0.15, 0.2) is 0 Å². The number of hydrogen-bond donors (Lipinski definition) is 1. The van der Waals surface area contributed by atoms with Gasteiger partial charge in [-0.2, -0.15) is 0 Å². The number of carbonyl (C=O) groups is 1. The number of nitrogens with one attached hydrogen (secondary N) is 1. The van der Waals surface area contributed by atoms with Crippen molar-refractivity contribution in [1.82, 2.24) is 5.32 Å². The Morgan fingerprint density at radius 3 is 2.06 bits per heavy atom. The molecule has 0 fully saturated rings. The summed E-state index contributed by atoms with van der Waals surface area (Å²) in [5, 5.41) is 3.73. The van der Waals surface area contributed by atoms with E-state index >= 15 is 0 Å². The molecule has 0 bridgehead atoms. The van der Waals surface area contributed by atoms with Crippen LogP contribution in [0.5, 0.6) is 0 Å². The van der Waals surface area contributed by atoms with Gasteiger partial charge in [0.2, 0.25) is 5.91 Å². The molecule has 1 aromatic carbocycles. The van der Waals surface area contributed by atoms with E-state index < -0.39 is 0 Å². The van der Waals surface area contributed by atoms with E-state index in [1.165, 1.54) is 0 Å². The predicted octanol–water partition coefficient (Wildman–Crippen LogP) is 3.99. The maximum Gasteiger partial charge on any atom is 0.228 e. The summed E-state index contributed by atoms with van der Waals surface area (Å²) in [6, 6.07) is 7.51. The fourth-order valence-corrected chi connectivity index (χ4v) is 2.08. The van der Waals surface area contributed by atoms with Gasteiger partial charge in [0.25, 0.3) is 0 Å². The first-order chi connectivity index (χ1) is 8.20. The van der Waals surface area contributed by atoms with Gasteiger partial charge in [0.05, 0.1) is 5.92 Å². The molecule has 0 aliphatic carbocycles. The predicted molar refractivity (Wildman–Crippen MR) is 76.9 cm³/mol. The molecule has 0 heterocycles. The first-order valence-corrected chi connectivity index (χ1v) is 6.66. The number of rotatable bonds is 3. The molecule has 2 nitrogen and oxygen atoms in total. The molecule has 0 spiro atoms. The Hall–Kier alpha value is -1.02. The van der Waals surface area contributed by atoms with Crippen molar-refractivity contribution in [1.29, 1.82) is 0 Å². The molecule has 0 aliphatic heterocycles. The van der Waals surface area contributed by atoms with Crippen molar-refractivity contribution in [2.75, 3.05) is 0 Å². The van der Waals surface area contributed by atoms with Crippen LogP contribution < -0.4 is 5.32 Å². The van der Waals surface area contributed by atoms with Crippen LogP contribution in [0.4, 0.5) is 0 Å². The van der Waals surface area contributed by atoms with Gasteiger partial charge in [-0.25, -0.2) is 0 Å². The minimum Gasteiger partial charge on any atom is -0.351 e. The zero-order valence-electron chi connectivity index (χ0n) is 11.8. The Morgan fingerprint density at radius 2 is 1.67 bits per heavy atom. The molecule has 3 heteroatoms. The number of halogens is 1. The van der Waals surface area contributed by atoms with Gasteiger partial charge in [0.1, 0.15) is 0 Å². The molecule has 1 atom stereocenters. The SMILES string of the molecule is CC(C)[C@H](C(=O)NC(C)(C)C)c1ccc(Cl)cc1. The standard InChI is InChI=1S/C15H22ClNO/c1-10(2)13(14(18)17-15(3,4)5)11-6-8-12(16)9-7-11/h6-10,13H,1-5H3,(H,17,18)/t13-/m0/s1. The second-order valence-electron chi connectivity index (χ2n) is 6.01. The third-order valence-corrected chi connectivity index (χ3v) is 2.93. The summed E-state index contributed by atoms with van der Waals surface area (Å²) in [5.41, 5.74) is 0.799. The van der Waals surface area contributed by atoms with Crippen molar-refractivity contribution in [3.63, 3.8) is 0 Å². The van der Waals surface area contributed by atoms with Crippen LogP contribution in [-0.4, -0.2) is 11.4 Å². The zero-order chi connectivity index (χ0) is 13.9. The minimum atomic E-state index is -0.212. The van der Waals surface area contributed by atoms with Crippen LogP contribution >= 0.6 is 11.6 Å². The number of carbonyl (C=O) groups excluding carboxylic acids is 1. The molecule has 1 N–H and O–H groups in total. The maximum atomic E-state index is 12.3. The second kappa shape index (κ2) is 5.75. The van der Waals surface area contributed by atoms with Gasteiger partial charge in [-0.3, -0.25) is 4.79 Å². The molecule has 1 rings (SSSR count). The van der Waals surface area contributed by atoms with Gasteiger partial charge in [-0.1, -0.05) is 37.6 Å². The van der Waals surface area contributed by atoms with Crippen LogP contribution in [0.1, 0.15) is 46.1 Å². The smallest absolute Gasteiger partial charge is 0.228 e. The summed E-state index contributed by atoms with van der Waals surface area (Å²) < 4.78 is 0. The molecule has 0 saturated heterocycles. The molecule has 0 radical (unpaired) electrons. The van der Waals surface area contributed by atoms with Crippen LogP contribution in [0.3, 0.4) is 0 Å². The van der Waals surface area contributed by atoms with Gasteiger partial charge < -0.3 is 5.32 Å². The highest BCUT2D eigenvalue weighted by atomic mass is 35.5. The molecular weight excluding hydrogens is 246 g/mol. The van der Waals surface area contributed by atoms with E-state index in [0.717, 1.165) is 5.56 Å². The summed E-state index contributed by atoms with van der Waals surface area (Å²) in [6.45, 7) is 10.1. The minimum absolute atomic E-state index is 0.0693. The Kier molecular flexibility index (Phi) is 4.80. The lowest BCUT2D eigenvalue weighted by Crippen LogP contribution is -2.44. The van der Waals surface area contributed by atoms with Gasteiger partial charge in [0, 0.05) is 10.6 Å². The van der Waals surface area contributed by atoms with E-state index in [-0.39, 0.29) is 23.3 Å². The highest BCUT2D eigenvalue weighted by Crippen LogP contribution is 2.26. The Labute approximate surface area is 115 Å². The van der Waals surface area contributed by atoms with Crippen LogP contribution in [-0.2, 0) is 4.79 Å². The fraction of sp³-hybridized carbons (Fsp3) is 0.533. The highest BCUT2D eigenvalue weighted by Gasteiger charge is 2.26. The van der Waals surface area contributed by atoms with E-state index in [0.29, 0.717) is 5.02 Å². The first kappa shape index (κ1) is 15.0. The Morgan fingerprint density at radius 1 is 1.17 bits per heavy atom. The lowest BCUT2D eigenvalue weighted by Gasteiger charge is -2.27. The number of hydrogen-bond acceptors (Lipinski definition) is 1. The van der Waals surface area contributed by atoms with Crippen molar-refractivity contribution < 1.29 is 4.79 Å². The Bertz CT molecular complexity index is 403. The van der Waals surface area contributed by atoms with Crippen molar-refractivity contribution in [2.45, 2.75) is 46.1 Å². The molecule has 0 saturated carbocycles. The average molecular weight is 268 g/mol. The molecule has 0 unspecified atom stereocenters. The summed E-state index contributed by atoms with van der Waals surface area (Å²) in [5.74, 6) is 0.176. The van der Waals surface area contributed by atoms with E-state index in [4.69, 9.17) is 11.6 Å². The van der Waals surface area contributed by atoms with Crippen molar-refractivity contribution in [3.05, 3.63) is 34.9 Å². The lowest BCUT2D eigenvalue weighted by molar-refractivity contribution is -0.124. The molecule has 1 amide bonds. The molecule has 18 heavy (non-hydrogen) atoms. The van der Waals surface area contributed by atoms with Crippen LogP contribution in [0.25, 0.3) is 0 Å². The lowest BCUT2D eigenvalue weighted by atomic mass is 9.87. The van der Waals surface area contributed by atoms with Crippen LogP contribution in [0, 0.1) is 5.92 Å². The van der Waals surface area contributed by atoms with Crippen LogP contribution in [0.2, 0.25) is 5.02 Å². The zero-order valence-corrected chi connectivity index (χ0v) is 12.5. The van der Waals surface area contributed by atoms with Gasteiger partial charge in [-0.05, 0) is 44.4 Å². The third-order valence-electron chi connectivity index (χ3n) is 2.68. The second-order valence-corrected chi connectivity index (χ2v) is 6.45. The van der Waals surface area contributed by atoms with Crippen molar-refractivity contribution >= 4 is 17.5 Å². The summed E-state index contributed by atoms with van der Waals surface area (Å²) in [7, 11) is 0. The van der Waals surface area contributed by atoms with E-state index in [1.807, 2.05) is 45.0 Å². The van der Waals surface area contributed by atoms with Gasteiger partial charge in [-0.15, -0.1) is 0 Å². The average Bonchev–Trinajstić information content (AvgIpc) is 2.18. The van der Waals surface area contributed by atoms with Crippen LogP contribution in [0.15, 0.2) is 24.3 Å². The van der Waals surface area contributed by atoms with Gasteiger partial charge >= 0.3 is 0 Å². The third kappa shape index (κ3) is 4.34. The molecule has 0 aliphatic rings. The molecule has 100 valence electrons. The quantitative estimate of drug-likeness (QED) is 0.881. The normalized spacial score (nSPS) is 13.5. The van der Waals surface area contributed by atoms with Crippen molar-refractivity contribution in [2.24, 2.45) is 5.92 Å². The maximum absolute atomic E-state index is 12.3. The Balaban J connectivity index is 2.96. The fourth-order valence-electron chi connectivity index (χ4n) is 1.96. The number of amides is 1. The van der Waals surface area contributed by atoms with Crippen molar-refractivity contribution in [3.8, 4) is 0 Å². The van der Waals surface area contributed by atoms with E-state index in [1.54, 1.807) is 0 Å². The largest absolute Gasteiger partial charge is 0.351 e. The summed E-state index contributed by atoms with van der Waals surface area (Å²) >= 11 is 5.88. The summed E-state index contributed by atoms with van der Waals surface area (Å²) in [6.07, 6.45) is 0. The monoisotopic (exact) mass is 267 g/mol. The summed E-state index contributed by atoms with van der Waals surface area (Å²) in [4.78, 5) is 12.3. The number of benzene rings is 1.